The van der Waals surface area contributed by atoms with Crippen LogP contribution in [-0.4, -0.2) is 28.5 Å². The number of halogens is 2. The van der Waals surface area contributed by atoms with Gasteiger partial charge in [-0.2, -0.15) is 0 Å². The van der Waals surface area contributed by atoms with E-state index in [1.807, 2.05) is 36.4 Å². The molecule has 1 heterocycles. The van der Waals surface area contributed by atoms with Crippen molar-refractivity contribution in [3.8, 4) is 0 Å². The van der Waals surface area contributed by atoms with Gasteiger partial charge in [0.05, 0.1) is 4.91 Å². The second kappa shape index (κ2) is 8.52. The van der Waals surface area contributed by atoms with E-state index in [0.717, 1.165) is 27.4 Å². The molecule has 1 aliphatic heterocycles. The molecule has 1 fully saturated rings. The summed E-state index contributed by atoms with van der Waals surface area (Å²) < 4.78 is 0. The Balaban J connectivity index is 1.52. The van der Waals surface area contributed by atoms with Crippen LogP contribution in [0, 0.1) is 0 Å². The molecular formula is C22H14Cl2N2O3S. The van der Waals surface area contributed by atoms with Crippen molar-refractivity contribution < 1.29 is 14.4 Å². The molecule has 1 N–H and O–H groups in total. The van der Waals surface area contributed by atoms with Crippen LogP contribution in [0.2, 0.25) is 10.0 Å². The van der Waals surface area contributed by atoms with Crippen molar-refractivity contribution in [2.45, 2.75) is 0 Å². The normalized spacial score (nSPS) is 15.3. The van der Waals surface area contributed by atoms with E-state index >= 15 is 0 Å². The Hall–Kier alpha value is -2.80. The van der Waals surface area contributed by atoms with Crippen molar-refractivity contribution in [3.05, 3.63) is 81.2 Å². The zero-order chi connectivity index (χ0) is 21.3. The molecule has 8 heteroatoms. The first kappa shape index (κ1) is 20.5. The highest BCUT2D eigenvalue weighted by Gasteiger charge is 2.36. The van der Waals surface area contributed by atoms with Crippen LogP contribution in [0.1, 0.15) is 5.56 Å². The Morgan fingerprint density at radius 3 is 2.40 bits per heavy atom. The van der Waals surface area contributed by atoms with Gasteiger partial charge in [-0.25, -0.2) is 0 Å². The third kappa shape index (κ3) is 4.07. The third-order valence-corrected chi connectivity index (χ3v) is 6.08. The fourth-order valence-corrected chi connectivity index (χ4v) is 4.41. The van der Waals surface area contributed by atoms with Crippen LogP contribution in [0.3, 0.4) is 0 Å². The molecule has 1 saturated heterocycles. The molecule has 4 rings (SSSR count). The number of hydrogen-bond donors (Lipinski definition) is 1. The lowest BCUT2D eigenvalue weighted by Gasteiger charge is -2.13. The maximum atomic E-state index is 12.7. The molecule has 0 radical (unpaired) electrons. The number of rotatable bonds is 4. The number of nitrogens with zero attached hydrogens (tertiary/aromatic N) is 1. The zero-order valence-electron chi connectivity index (χ0n) is 15.4. The van der Waals surface area contributed by atoms with Gasteiger partial charge in [0.15, 0.2) is 0 Å². The molecule has 0 bridgehead atoms. The van der Waals surface area contributed by atoms with Gasteiger partial charge in [0, 0.05) is 26.7 Å². The molecule has 150 valence electrons. The maximum absolute atomic E-state index is 12.7. The molecule has 0 aromatic heterocycles. The molecule has 0 spiro atoms. The summed E-state index contributed by atoms with van der Waals surface area (Å²) >= 11 is 13.0. The third-order valence-electron chi connectivity index (χ3n) is 4.51. The van der Waals surface area contributed by atoms with Gasteiger partial charge in [0.2, 0.25) is 5.91 Å². The number of fused-ring (bicyclic) bond motifs is 1. The van der Waals surface area contributed by atoms with E-state index in [1.54, 1.807) is 24.3 Å². The van der Waals surface area contributed by atoms with Gasteiger partial charge in [-0.05, 0) is 41.4 Å². The summed E-state index contributed by atoms with van der Waals surface area (Å²) in [6.07, 6.45) is 1.47. The van der Waals surface area contributed by atoms with Crippen LogP contribution in [0.4, 0.5) is 10.5 Å². The Morgan fingerprint density at radius 2 is 1.63 bits per heavy atom. The topological polar surface area (TPSA) is 66.5 Å². The lowest BCUT2D eigenvalue weighted by atomic mass is 10.1. The summed E-state index contributed by atoms with van der Waals surface area (Å²) in [6.45, 7) is -0.387. The van der Waals surface area contributed by atoms with E-state index in [9.17, 15) is 14.4 Å². The number of hydrogen-bond acceptors (Lipinski definition) is 4. The Kier molecular flexibility index (Phi) is 5.81. The van der Waals surface area contributed by atoms with Crippen molar-refractivity contribution in [1.82, 2.24) is 4.90 Å². The van der Waals surface area contributed by atoms with Crippen LogP contribution >= 0.6 is 35.0 Å². The molecule has 3 aromatic rings. The van der Waals surface area contributed by atoms with E-state index in [0.29, 0.717) is 21.3 Å². The maximum Gasteiger partial charge on any atom is 0.294 e. The van der Waals surface area contributed by atoms with Crippen molar-refractivity contribution in [3.63, 3.8) is 0 Å². The van der Waals surface area contributed by atoms with Crippen molar-refractivity contribution in [2.24, 2.45) is 0 Å². The minimum absolute atomic E-state index is 0.160. The first-order valence-electron chi connectivity index (χ1n) is 8.91. The molecular weight excluding hydrogens is 443 g/mol. The second-order valence-corrected chi connectivity index (χ2v) is 8.29. The number of thioether (sulfide) groups is 1. The average Bonchev–Trinajstić information content (AvgIpc) is 2.98. The van der Waals surface area contributed by atoms with Crippen LogP contribution < -0.4 is 5.32 Å². The van der Waals surface area contributed by atoms with E-state index in [4.69, 9.17) is 23.2 Å². The number of nitrogens with one attached hydrogen (secondary N) is 1. The Morgan fingerprint density at radius 1 is 0.967 bits per heavy atom. The van der Waals surface area contributed by atoms with Gasteiger partial charge in [-0.1, -0.05) is 65.7 Å². The monoisotopic (exact) mass is 456 g/mol. The largest absolute Gasteiger partial charge is 0.324 e. The summed E-state index contributed by atoms with van der Waals surface area (Å²) in [5, 5.41) is 4.83. The van der Waals surface area contributed by atoms with Crippen LogP contribution in [0.25, 0.3) is 16.8 Å². The second-order valence-electron chi connectivity index (χ2n) is 6.48. The van der Waals surface area contributed by atoms with Gasteiger partial charge in [0.25, 0.3) is 11.1 Å². The highest BCUT2D eigenvalue weighted by Crippen LogP contribution is 2.35. The quantitative estimate of drug-likeness (QED) is 0.502. The lowest BCUT2D eigenvalue weighted by Crippen LogP contribution is -2.36. The molecule has 3 aromatic carbocycles. The predicted molar refractivity (Wildman–Crippen MR) is 122 cm³/mol. The summed E-state index contributed by atoms with van der Waals surface area (Å²) in [5.74, 6) is -1.03. The van der Waals surface area contributed by atoms with Crippen molar-refractivity contribution >= 4 is 74.6 Å². The summed E-state index contributed by atoms with van der Waals surface area (Å²) in [5.41, 5.74) is 1.06. The minimum Gasteiger partial charge on any atom is -0.324 e. The lowest BCUT2D eigenvalue weighted by molar-refractivity contribution is -0.127. The number of benzene rings is 3. The molecule has 1 aliphatic rings. The molecule has 0 saturated carbocycles. The van der Waals surface area contributed by atoms with Gasteiger partial charge in [0.1, 0.15) is 6.54 Å². The first-order valence-corrected chi connectivity index (χ1v) is 10.5. The molecule has 5 nitrogen and oxygen atoms in total. The zero-order valence-corrected chi connectivity index (χ0v) is 17.7. The number of carbonyl (C=O) groups excluding carboxylic acids is 3. The van der Waals surface area contributed by atoms with E-state index in [2.05, 4.69) is 5.32 Å². The standard InChI is InChI=1S/C22H14Cl2N2O3S/c23-16-8-4-9-17(24)15(16)11-19-21(28)26(22(29)30-19)12-20(27)25-18-10-3-6-13-5-1-2-7-14(13)18/h1-11H,12H2,(H,25,27)/b19-11+. The van der Waals surface area contributed by atoms with Gasteiger partial charge in [-0.3, -0.25) is 19.3 Å². The highest BCUT2D eigenvalue weighted by atomic mass is 35.5. The van der Waals surface area contributed by atoms with E-state index < -0.39 is 17.1 Å². The first-order chi connectivity index (χ1) is 14.4. The summed E-state index contributed by atoms with van der Waals surface area (Å²) in [6, 6.07) is 18.1. The predicted octanol–water partition coefficient (Wildman–Crippen LogP) is 5.82. The number of anilines is 1. The van der Waals surface area contributed by atoms with Gasteiger partial charge in [-0.15, -0.1) is 0 Å². The molecule has 30 heavy (non-hydrogen) atoms. The van der Waals surface area contributed by atoms with Gasteiger partial charge >= 0.3 is 0 Å². The number of amides is 3. The Labute approximate surface area is 186 Å². The minimum atomic E-state index is -0.561. The Bertz CT molecular complexity index is 1200. The SMILES string of the molecule is O=C(CN1C(=O)S/C(=C/c2c(Cl)cccc2Cl)C1=O)Nc1cccc2ccccc12. The number of imide groups is 1. The molecule has 3 amide bonds. The van der Waals surface area contributed by atoms with E-state index in [-0.39, 0.29) is 11.4 Å². The van der Waals surface area contributed by atoms with Gasteiger partial charge < -0.3 is 5.32 Å². The molecule has 0 unspecified atom stereocenters. The fourth-order valence-electron chi connectivity index (χ4n) is 3.08. The average molecular weight is 457 g/mol. The number of carbonyl (C=O) groups is 3. The summed E-state index contributed by atoms with van der Waals surface area (Å²) in [7, 11) is 0. The van der Waals surface area contributed by atoms with Crippen LogP contribution in [-0.2, 0) is 9.59 Å². The van der Waals surface area contributed by atoms with Crippen LogP contribution in [0.15, 0.2) is 65.6 Å². The van der Waals surface area contributed by atoms with Crippen molar-refractivity contribution in [1.29, 1.82) is 0 Å². The highest BCUT2D eigenvalue weighted by molar-refractivity contribution is 8.18. The smallest absolute Gasteiger partial charge is 0.294 e. The molecule has 0 atom stereocenters. The summed E-state index contributed by atoms with van der Waals surface area (Å²) in [4.78, 5) is 38.6. The van der Waals surface area contributed by atoms with E-state index in [1.165, 1.54) is 6.08 Å². The fraction of sp³-hybridized carbons (Fsp3) is 0.0455. The van der Waals surface area contributed by atoms with Crippen molar-refractivity contribution in [2.75, 3.05) is 11.9 Å². The van der Waals surface area contributed by atoms with Crippen LogP contribution in [0.5, 0.6) is 0 Å². The molecule has 0 aliphatic carbocycles.